The lowest BCUT2D eigenvalue weighted by atomic mass is 10.00. The number of ether oxygens (including phenoxy) is 1. The van der Waals surface area contributed by atoms with Gasteiger partial charge in [0.05, 0.1) is 12.8 Å². The predicted molar refractivity (Wildman–Crippen MR) is 104 cm³/mol. The van der Waals surface area contributed by atoms with E-state index in [-0.39, 0.29) is 5.78 Å². The molecule has 0 aliphatic heterocycles. The number of rotatable bonds is 6. The molecule has 5 heteroatoms. The van der Waals surface area contributed by atoms with Gasteiger partial charge in [0.25, 0.3) is 0 Å². The summed E-state index contributed by atoms with van der Waals surface area (Å²) >= 11 is 0. The summed E-state index contributed by atoms with van der Waals surface area (Å²) in [5, 5.41) is 12.2. The molecule has 3 rings (SSSR count). The highest BCUT2D eigenvalue weighted by molar-refractivity contribution is 5.95. The number of methoxy groups -OCH3 is 1. The Labute approximate surface area is 152 Å². The third kappa shape index (κ3) is 3.84. The Hall–Kier alpha value is -3.31. The van der Waals surface area contributed by atoms with E-state index in [0.717, 1.165) is 28.3 Å². The van der Waals surface area contributed by atoms with Gasteiger partial charge in [-0.05, 0) is 61.0 Å². The van der Waals surface area contributed by atoms with Gasteiger partial charge in [-0.1, -0.05) is 18.2 Å². The molecule has 3 aromatic rings. The second-order valence-corrected chi connectivity index (χ2v) is 5.87. The number of carbonyl (C=O) groups excluding carboxylic acids is 1. The molecule has 0 saturated heterocycles. The zero-order chi connectivity index (χ0) is 18.5. The Balaban J connectivity index is 1.95. The molecule has 26 heavy (non-hydrogen) atoms. The Morgan fingerprint density at radius 2 is 1.62 bits per heavy atom. The third-order valence-corrected chi connectivity index (χ3v) is 4.08. The van der Waals surface area contributed by atoms with Crippen LogP contribution in [0, 0.1) is 0 Å². The average Bonchev–Trinajstić information content (AvgIpc) is 2.68. The molecule has 0 fully saturated rings. The molecule has 132 valence electrons. The average molecular weight is 348 g/mol. The standard InChI is InChI=1S/C21H20N2O3/c1-14(24)15-4-3-5-16(12-15)20-13-19(10-11-21(20)26-2)22-17-6-8-18(23-25)9-7-17/h3-13,22-23,25H,1-2H3. The summed E-state index contributed by atoms with van der Waals surface area (Å²) in [6.07, 6.45) is 0. The molecule has 3 N–H and O–H groups in total. The molecule has 5 nitrogen and oxygen atoms in total. The van der Waals surface area contributed by atoms with Gasteiger partial charge in [-0.15, -0.1) is 0 Å². The minimum Gasteiger partial charge on any atom is -0.496 e. The van der Waals surface area contributed by atoms with Crippen LogP contribution in [0.4, 0.5) is 17.1 Å². The second-order valence-electron chi connectivity index (χ2n) is 5.87. The summed E-state index contributed by atoms with van der Waals surface area (Å²) in [4.78, 5) is 11.7. The molecule has 0 saturated carbocycles. The highest BCUT2D eigenvalue weighted by Crippen LogP contribution is 2.34. The van der Waals surface area contributed by atoms with Crippen LogP contribution in [0.2, 0.25) is 0 Å². The maximum atomic E-state index is 11.7. The van der Waals surface area contributed by atoms with Gasteiger partial charge in [-0.3, -0.25) is 15.5 Å². The first-order valence-corrected chi connectivity index (χ1v) is 8.17. The van der Waals surface area contributed by atoms with Crippen molar-refractivity contribution in [2.75, 3.05) is 17.9 Å². The van der Waals surface area contributed by atoms with Crippen LogP contribution >= 0.6 is 0 Å². The number of hydrogen-bond donors (Lipinski definition) is 3. The third-order valence-electron chi connectivity index (χ3n) is 4.08. The number of anilines is 3. The van der Waals surface area contributed by atoms with Crippen LogP contribution in [0.25, 0.3) is 11.1 Å². The Kier molecular flexibility index (Phi) is 5.20. The number of ketones is 1. The Morgan fingerprint density at radius 1 is 0.923 bits per heavy atom. The smallest absolute Gasteiger partial charge is 0.159 e. The fourth-order valence-electron chi connectivity index (χ4n) is 2.71. The van der Waals surface area contributed by atoms with Crippen molar-refractivity contribution in [1.82, 2.24) is 0 Å². The monoisotopic (exact) mass is 348 g/mol. The van der Waals surface area contributed by atoms with Crippen molar-refractivity contribution in [2.24, 2.45) is 0 Å². The van der Waals surface area contributed by atoms with Crippen LogP contribution in [-0.2, 0) is 0 Å². The van der Waals surface area contributed by atoms with E-state index in [1.54, 1.807) is 32.2 Å². The Morgan fingerprint density at radius 3 is 2.27 bits per heavy atom. The molecular formula is C21H20N2O3. The van der Waals surface area contributed by atoms with Gasteiger partial charge in [0, 0.05) is 22.5 Å². The van der Waals surface area contributed by atoms with Crippen molar-refractivity contribution in [2.45, 2.75) is 6.92 Å². The van der Waals surface area contributed by atoms with Crippen molar-refractivity contribution in [3.05, 3.63) is 72.3 Å². The summed E-state index contributed by atoms with van der Waals surface area (Å²) in [7, 11) is 1.63. The summed E-state index contributed by atoms with van der Waals surface area (Å²) in [5.41, 5.74) is 6.97. The number of hydrogen-bond acceptors (Lipinski definition) is 5. The summed E-state index contributed by atoms with van der Waals surface area (Å²) < 4.78 is 5.49. The molecular weight excluding hydrogens is 328 g/mol. The van der Waals surface area contributed by atoms with Gasteiger partial charge < -0.3 is 10.1 Å². The van der Waals surface area contributed by atoms with Crippen molar-refractivity contribution < 1.29 is 14.7 Å². The predicted octanol–water partition coefficient (Wildman–Crippen LogP) is 5.11. The molecule has 0 unspecified atom stereocenters. The van der Waals surface area contributed by atoms with Gasteiger partial charge in [-0.2, -0.15) is 0 Å². The van der Waals surface area contributed by atoms with E-state index in [4.69, 9.17) is 9.94 Å². The number of Topliss-reactive ketones (excluding diaryl/α,β-unsaturated/α-hetero) is 1. The van der Waals surface area contributed by atoms with E-state index in [2.05, 4.69) is 10.8 Å². The van der Waals surface area contributed by atoms with Crippen LogP contribution in [-0.4, -0.2) is 18.1 Å². The number of nitrogens with one attached hydrogen (secondary N) is 2. The largest absolute Gasteiger partial charge is 0.496 e. The van der Waals surface area contributed by atoms with Crippen LogP contribution in [0.1, 0.15) is 17.3 Å². The van der Waals surface area contributed by atoms with E-state index >= 15 is 0 Å². The second kappa shape index (κ2) is 7.72. The normalized spacial score (nSPS) is 10.3. The van der Waals surface area contributed by atoms with E-state index < -0.39 is 0 Å². The molecule has 0 amide bonds. The zero-order valence-electron chi connectivity index (χ0n) is 14.6. The van der Waals surface area contributed by atoms with Crippen molar-refractivity contribution in [3.8, 4) is 16.9 Å². The minimum absolute atomic E-state index is 0.0256. The van der Waals surface area contributed by atoms with Crippen LogP contribution in [0.3, 0.4) is 0 Å². The van der Waals surface area contributed by atoms with Crippen molar-refractivity contribution >= 4 is 22.8 Å². The SMILES string of the molecule is COc1ccc(Nc2ccc(NO)cc2)cc1-c1cccc(C(C)=O)c1. The highest BCUT2D eigenvalue weighted by Gasteiger charge is 2.09. The molecule has 0 aliphatic carbocycles. The molecule has 0 spiro atoms. The lowest BCUT2D eigenvalue weighted by molar-refractivity contribution is 0.101. The van der Waals surface area contributed by atoms with Crippen LogP contribution in [0.5, 0.6) is 5.75 Å². The van der Waals surface area contributed by atoms with E-state index in [1.165, 1.54) is 0 Å². The Bertz CT molecular complexity index is 921. The lowest BCUT2D eigenvalue weighted by Gasteiger charge is -2.13. The summed E-state index contributed by atoms with van der Waals surface area (Å²) in [6, 6.07) is 20.5. The van der Waals surface area contributed by atoms with Gasteiger partial charge >= 0.3 is 0 Å². The fourth-order valence-corrected chi connectivity index (χ4v) is 2.71. The van der Waals surface area contributed by atoms with Crippen LogP contribution < -0.4 is 15.5 Å². The molecule has 0 radical (unpaired) electrons. The first-order chi connectivity index (χ1) is 12.6. The molecule has 0 aromatic heterocycles. The van der Waals surface area contributed by atoms with Gasteiger partial charge in [0.1, 0.15) is 5.75 Å². The highest BCUT2D eigenvalue weighted by atomic mass is 16.5. The minimum atomic E-state index is 0.0256. The van der Waals surface area contributed by atoms with Gasteiger partial charge in [0.2, 0.25) is 0 Å². The summed E-state index contributed by atoms with van der Waals surface area (Å²) in [5.74, 6) is 0.758. The van der Waals surface area contributed by atoms with Gasteiger partial charge in [-0.25, -0.2) is 0 Å². The van der Waals surface area contributed by atoms with Gasteiger partial charge in [0.15, 0.2) is 5.78 Å². The molecule has 0 bridgehead atoms. The number of benzene rings is 3. The van der Waals surface area contributed by atoms with E-state index in [0.29, 0.717) is 11.3 Å². The maximum absolute atomic E-state index is 11.7. The maximum Gasteiger partial charge on any atom is 0.159 e. The topological polar surface area (TPSA) is 70.6 Å². The zero-order valence-corrected chi connectivity index (χ0v) is 14.6. The lowest BCUT2D eigenvalue weighted by Crippen LogP contribution is -1.96. The fraction of sp³-hybridized carbons (Fsp3) is 0.0952. The number of carbonyl (C=O) groups is 1. The van der Waals surface area contributed by atoms with Crippen LogP contribution in [0.15, 0.2) is 66.7 Å². The molecule has 0 aliphatic rings. The molecule has 0 atom stereocenters. The quantitative estimate of drug-likeness (QED) is 0.426. The molecule has 0 heterocycles. The van der Waals surface area contributed by atoms with E-state index in [9.17, 15) is 4.79 Å². The first kappa shape index (κ1) is 17.5. The molecule has 3 aromatic carbocycles. The summed E-state index contributed by atoms with van der Waals surface area (Å²) in [6.45, 7) is 1.55. The van der Waals surface area contributed by atoms with Crippen molar-refractivity contribution in [3.63, 3.8) is 0 Å². The first-order valence-electron chi connectivity index (χ1n) is 8.17. The van der Waals surface area contributed by atoms with E-state index in [1.807, 2.05) is 48.5 Å². The van der Waals surface area contributed by atoms with Crippen molar-refractivity contribution in [1.29, 1.82) is 0 Å².